The third-order valence-electron chi connectivity index (χ3n) is 5.11. The van der Waals surface area contributed by atoms with Crippen LogP contribution < -0.4 is 0 Å². The molecule has 0 saturated carbocycles. The fourth-order valence-corrected chi connectivity index (χ4v) is 3.84. The Balaban J connectivity index is 1.90. The SMILES string of the molecule is CCC[C@@H](CO)n1ncc(-c2onc(-c3ccccc3Cl)c2-c2cnccn2)c1C. The van der Waals surface area contributed by atoms with Crippen molar-refractivity contribution in [3.8, 4) is 33.8 Å². The first-order chi connectivity index (χ1) is 14.7. The first-order valence-corrected chi connectivity index (χ1v) is 10.2. The van der Waals surface area contributed by atoms with Gasteiger partial charge in [-0.2, -0.15) is 5.10 Å². The zero-order valence-corrected chi connectivity index (χ0v) is 17.5. The molecule has 1 atom stereocenters. The molecule has 4 aromatic rings. The molecular formula is C22H22ClN5O2. The van der Waals surface area contributed by atoms with Crippen LogP contribution in [0.2, 0.25) is 5.02 Å². The van der Waals surface area contributed by atoms with Crippen molar-refractivity contribution in [2.24, 2.45) is 0 Å². The van der Waals surface area contributed by atoms with Gasteiger partial charge < -0.3 is 9.63 Å². The zero-order chi connectivity index (χ0) is 21.1. The van der Waals surface area contributed by atoms with E-state index in [4.69, 9.17) is 16.1 Å². The number of aliphatic hydroxyl groups excluding tert-OH is 1. The predicted octanol–water partition coefficient (Wildman–Crippen LogP) is 4.96. The normalized spacial score (nSPS) is 12.3. The van der Waals surface area contributed by atoms with Gasteiger partial charge in [0.15, 0.2) is 5.76 Å². The highest BCUT2D eigenvalue weighted by Crippen LogP contribution is 2.42. The fraction of sp³-hybridized carbons (Fsp3) is 0.273. The molecule has 0 saturated heterocycles. The quantitative estimate of drug-likeness (QED) is 0.452. The molecule has 0 aliphatic rings. The number of hydrogen-bond donors (Lipinski definition) is 1. The van der Waals surface area contributed by atoms with Crippen LogP contribution in [0.1, 0.15) is 31.5 Å². The maximum atomic E-state index is 9.80. The summed E-state index contributed by atoms with van der Waals surface area (Å²) in [7, 11) is 0. The van der Waals surface area contributed by atoms with E-state index < -0.39 is 0 Å². The zero-order valence-electron chi connectivity index (χ0n) is 16.8. The summed E-state index contributed by atoms with van der Waals surface area (Å²) in [5, 5.41) is 19.2. The van der Waals surface area contributed by atoms with Crippen molar-refractivity contribution in [2.45, 2.75) is 32.7 Å². The summed E-state index contributed by atoms with van der Waals surface area (Å²) < 4.78 is 7.67. The lowest BCUT2D eigenvalue weighted by atomic mass is 10.0. The largest absolute Gasteiger partial charge is 0.394 e. The Morgan fingerprint density at radius 2 is 2.00 bits per heavy atom. The van der Waals surface area contributed by atoms with Crippen LogP contribution in [0.3, 0.4) is 0 Å². The topological polar surface area (TPSA) is 89.9 Å². The van der Waals surface area contributed by atoms with Gasteiger partial charge in [-0.25, -0.2) is 0 Å². The standard InChI is InChI=1S/C22H22ClN5O2/c1-3-6-15(13-29)28-14(2)17(11-26-28)22-20(19-12-24-9-10-25-19)21(27-30-22)16-7-4-5-8-18(16)23/h4-5,7-12,15,29H,3,6,13H2,1-2H3/t15-/m0/s1. The number of aliphatic hydroxyl groups is 1. The lowest BCUT2D eigenvalue weighted by Crippen LogP contribution is -2.15. The van der Waals surface area contributed by atoms with Gasteiger partial charge in [-0.1, -0.05) is 48.3 Å². The summed E-state index contributed by atoms with van der Waals surface area (Å²) in [5.74, 6) is 0.544. The number of rotatable bonds is 7. The number of nitrogens with zero attached hydrogens (tertiary/aromatic N) is 5. The van der Waals surface area contributed by atoms with Crippen molar-refractivity contribution in [1.82, 2.24) is 24.9 Å². The van der Waals surface area contributed by atoms with Crippen molar-refractivity contribution >= 4 is 11.6 Å². The van der Waals surface area contributed by atoms with E-state index in [1.165, 1.54) is 0 Å². The first-order valence-electron chi connectivity index (χ1n) is 9.82. The van der Waals surface area contributed by atoms with Gasteiger partial charge in [0.2, 0.25) is 0 Å². The van der Waals surface area contributed by atoms with E-state index >= 15 is 0 Å². The van der Waals surface area contributed by atoms with Crippen LogP contribution in [0, 0.1) is 6.92 Å². The average Bonchev–Trinajstić information content (AvgIpc) is 3.36. The van der Waals surface area contributed by atoms with E-state index in [0.717, 1.165) is 29.7 Å². The minimum atomic E-state index is -0.0883. The van der Waals surface area contributed by atoms with Crippen LogP contribution >= 0.6 is 11.6 Å². The van der Waals surface area contributed by atoms with Crippen molar-refractivity contribution < 1.29 is 9.63 Å². The highest BCUT2D eigenvalue weighted by molar-refractivity contribution is 6.33. The van der Waals surface area contributed by atoms with Gasteiger partial charge in [0, 0.05) is 23.7 Å². The summed E-state index contributed by atoms with van der Waals surface area (Å²) in [6.45, 7) is 4.06. The molecule has 3 aromatic heterocycles. The molecule has 7 nitrogen and oxygen atoms in total. The van der Waals surface area contributed by atoms with Gasteiger partial charge in [-0.3, -0.25) is 14.6 Å². The Kier molecular flexibility index (Phi) is 5.92. The molecule has 0 radical (unpaired) electrons. The van der Waals surface area contributed by atoms with Crippen molar-refractivity contribution in [1.29, 1.82) is 0 Å². The molecule has 1 aromatic carbocycles. The molecule has 154 valence electrons. The van der Waals surface area contributed by atoms with Crippen LogP contribution in [-0.4, -0.2) is 36.6 Å². The van der Waals surface area contributed by atoms with E-state index in [1.807, 2.05) is 35.9 Å². The van der Waals surface area contributed by atoms with E-state index in [9.17, 15) is 5.11 Å². The Labute approximate surface area is 179 Å². The summed E-state index contributed by atoms with van der Waals surface area (Å²) in [5.41, 5.74) is 4.35. The lowest BCUT2D eigenvalue weighted by Gasteiger charge is -2.16. The molecule has 0 bridgehead atoms. The summed E-state index contributed by atoms with van der Waals surface area (Å²) in [4.78, 5) is 8.67. The molecule has 0 amide bonds. The second-order valence-electron chi connectivity index (χ2n) is 7.02. The van der Waals surface area contributed by atoms with Crippen LogP contribution in [-0.2, 0) is 0 Å². The molecule has 30 heavy (non-hydrogen) atoms. The Morgan fingerprint density at radius 3 is 2.70 bits per heavy atom. The smallest absolute Gasteiger partial charge is 0.180 e. The molecule has 1 N–H and O–H groups in total. The monoisotopic (exact) mass is 423 g/mol. The number of benzene rings is 1. The first kappa shape index (κ1) is 20.3. The maximum Gasteiger partial charge on any atom is 0.180 e. The minimum absolute atomic E-state index is 0.0219. The second kappa shape index (κ2) is 8.77. The number of aromatic nitrogens is 5. The maximum absolute atomic E-state index is 9.80. The Hall–Kier alpha value is -3.03. The molecule has 3 heterocycles. The number of halogens is 1. The van der Waals surface area contributed by atoms with Crippen molar-refractivity contribution in [3.63, 3.8) is 0 Å². The summed E-state index contributed by atoms with van der Waals surface area (Å²) in [6, 6.07) is 7.38. The van der Waals surface area contributed by atoms with E-state index in [0.29, 0.717) is 27.7 Å². The molecule has 0 aliphatic carbocycles. The second-order valence-corrected chi connectivity index (χ2v) is 7.43. The minimum Gasteiger partial charge on any atom is -0.394 e. The molecule has 8 heteroatoms. The highest BCUT2D eigenvalue weighted by Gasteiger charge is 2.26. The van der Waals surface area contributed by atoms with Gasteiger partial charge >= 0.3 is 0 Å². The van der Waals surface area contributed by atoms with Crippen LogP contribution in [0.15, 0.2) is 53.6 Å². The van der Waals surface area contributed by atoms with Gasteiger partial charge in [-0.15, -0.1) is 0 Å². The predicted molar refractivity (Wildman–Crippen MR) is 115 cm³/mol. The Bertz CT molecular complexity index is 1140. The molecule has 4 rings (SSSR count). The number of hydrogen-bond acceptors (Lipinski definition) is 6. The Morgan fingerprint density at radius 1 is 1.17 bits per heavy atom. The van der Waals surface area contributed by atoms with Crippen molar-refractivity contribution in [3.05, 3.63) is 59.8 Å². The van der Waals surface area contributed by atoms with Gasteiger partial charge in [-0.05, 0) is 19.4 Å². The van der Waals surface area contributed by atoms with Gasteiger partial charge in [0.25, 0.3) is 0 Å². The average molecular weight is 424 g/mol. The van der Waals surface area contributed by atoms with E-state index in [-0.39, 0.29) is 12.6 Å². The van der Waals surface area contributed by atoms with Crippen LogP contribution in [0.4, 0.5) is 0 Å². The van der Waals surface area contributed by atoms with Crippen LogP contribution in [0.25, 0.3) is 33.8 Å². The third kappa shape index (κ3) is 3.62. The van der Waals surface area contributed by atoms with E-state index in [1.54, 1.807) is 24.8 Å². The van der Waals surface area contributed by atoms with E-state index in [2.05, 4.69) is 27.1 Å². The third-order valence-corrected chi connectivity index (χ3v) is 5.44. The molecule has 0 fully saturated rings. The van der Waals surface area contributed by atoms with Crippen molar-refractivity contribution in [2.75, 3.05) is 6.61 Å². The van der Waals surface area contributed by atoms with Gasteiger partial charge in [0.1, 0.15) is 5.69 Å². The summed E-state index contributed by atoms with van der Waals surface area (Å²) >= 11 is 6.44. The van der Waals surface area contributed by atoms with Gasteiger partial charge in [0.05, 0.1) is 46.9 Å². The van der Waals surface area contributed by atoms with Crippen LogP contribution in [0.5, 0.6) is 0 Å². The molecular weight excluding hydrogens is 402 g/mol. The fourth-order valence-electron chi connectivity index (χ4n) is 3.62. The highest BCUT2D eigenvalue weighted by atomic mass is 35.5. The molecule has 0 spiro atoms. The molecule has 0 aliphatic heterocycles. The summed E-state index contributed by atoms with van der Waals surface area (Å²) in [6.07, 6.45) is 8.43. The molecule has 0 unspecified atom stereocenters. The lowest BCUT2D eigenvalue weighted by molar-refractivity contribution is 0.208.